The van der Waals surface area contributed by atoms with E-state index in [0.29, 0.717) is 12.2 Å². The number of methoxy groups -OCH3 is 1. The SMILES string of the molecule is CC[C@H](Oc1ccc(OC)cc1)C(=O)N[C@H](CC)c1ccc2c(c1)CCCC2. The molecule has 0 spiro atoms. The number of benzene rings is 2. The molecule has 1 aliphatic rings. The first-order chi connectivity index (χ1) is 13.6. The van der Waals surface area contributed by atoms with Gasteiger partial charge in [0.15, 0.2) is 6.10 Å². The minimum Gasteiger partial charge on any atom is -0.497 e. The van der Waals surface area contributed by atoms with Gasteiger partial charge >= 0.3 is 0 Å². The normalized spacial score (nSPS) is 15.2. The highest BCUT2D eigenvalue weighted by molar-refractivity contribution is 5.81. The van der Waals surface area contributed by atoms with Gasteiger partial charge in [-0.3, -0.25) is 4.79 Å². The zero-order valence-electron chi connectivity index (χ0n) is 17.2. The summed E-state index contributed by atoms with van der Waals surface area (Å²) in [4.78, 5) is 12.9. The summed E-state index contributed by atoms with van der Waals surface area (Å²) in [5, 5.41) is 3.19. The quantitative estimate of drug-likeness (QED) is 0.700. The van der Waals surface area contributed by atoms with Crippen LogP contribution >= 0.6 is 0 Å². The summed E-state index contributed by atoms with van der Waals surface area (Å²) in [6.45, 7) is 4.07. The van der Waals surface area contributed by atoms with Crippen molar-refractivity contribution in [2.75, 3.05) is 7.11 Å². The third kappa shape index (κ3) is 4.86. The van der Waals surface area contributed by atoms with Crippen molar-refractivity contribution in [3.05, 3.63) is 59.2 Å². The number of aryl methyl sites for hydroxylation is 2. The van der Waals surface area contributed by atoms with Gasteiger partial charge in [0.05, 0.1) is 13.2 Å². The van der Waals surface area contributed by atoms with E-state index in [-0.39, 0.29) is 11.9 Å². The molecule has 4 nitrogen and oxygen atoms in total. The molecule has 0 aromatic heterocycles. The van der Waals surface area contributed by atoms with Crippen LogP contribution < -0.4 is 14.8 Å². The first-order valence-corrected chi connectivity index (χ1v) is 10.4. The molecule has 1 N–H and O–H groups in total. The standard InChI is InChI=1S/C24H31NO3/c1-4-22(19-11-10-17-8-6-7-9-18(17)16-19)25-24(26)23(5-2)28-21-14-12-20(27-3)13-15-21/h10-16,22-23H,4-9H2,1-3H3,(H,25,26)/t22-,23+/m1/s1. The topological polar surface area (TPSA) is 47.6 Å². The molecule has 2 aromatic carbocycles. The molecule has 0 aliphatic heterocycles. The van der Waals surface area contributed by atoms with Gasteiger partial charge in [0, 0.05) is 0 Å². The van der Waals surface area contributed by atoms with Crippen LogP contribution in [0.15, 0.2) is 42.5 Å². The lowest BCUT2D eigenvalue weighted by molar-refractivity contribution is -0.128. The van der Waals surface area contributed by atoms with Crippen LogP contribution in [0, 0.1) is 0 Å². The molecular weight excluding hydrogens is 350 g/mol. The highest BCUT2D eigenvalue weighted by atomic mass is 16.5. The van der Waals surface area contributed by atoms with Crippen molar-refractivity contribution in [2.45, 2.75) is 64.5 Å². The fourth-order valence-electron chi connectivity index (χ4n) is 3.80. The first kappa shape index (κ1) is 20.2. The molecule has 28 heavy (non-hydrogen) atoms. The van der Waals surface area contributed by atoms with E-state index in [2.05, 4.69) is 30.4 Å². The number of fused-ring (bicyclic) bond motifs is 1. The minimum absolute atomic E-state index is 0.00763. The third-order valence-corrected chi connectivity index (χ3v) is 5.50. The highest BCUT2D eigenvalue weighted by Crippen LogP contribution is 2.26. The summed E-state index contributed by atoms with van der Waals surface area (Å²) in [6, 6.07) is 14.0. The maximum absolute atomic E-state index is 12.9. The number of nitrogens with one attached hydrogen (secondary N) is 1. The fraction of sp³-hybridized carbons (Fsp3) is 0.458. The van der Waals surface area contributed by atoms with E-state index in [1.54, 1.807) is 7.11 Å². The molecule has 2 atom stereocenters. The van der Waals surface area contributed by atoms with Crippen molar-refractivity contribution < 1.29 is 14.3 Å². The van der Waals surface area contributed by atoms with Crippen LogP contribution in [0.5, 0.6) is 11.5 Å². The van der Waals surface area contributed by atoms with Crippen molar-refractivity contribution >= 4 is 5.91 Å². The van der Waals surface area contributed by atoms with Gasteiger partial charge in [-0.2, -0.15) is 0 Å². The van der Waals surface area contributed by atoms with E-state index in [0.717, 1.165) is 18.6 Å². The summed E-state index contributed by atoms with van der Waals surface area (Å²) < 4.78 is 11.1. The van der Waals surface area contributed by atoms with E-state index >= 15 is 0 Å². The van der Waals surface area contributed by atoms with Crippen molar-refractivity contribution in [3.8, 4) is 11.5 Å². The Morgan fingerprint density at radius 2 is 1.64 bits per heavy atom. The molecule has 4 heteroatoms. The van der Waals surface area contributed by atoms with E-state index in [1.807, 2.05) is 31.2 Å². The number of carbonyl (C=O) groups is 1. The first-order valence-electron chi connectivity index (χ1n) is 10.4. The summed E-state index contributed by atoms with van der Waals surface area (Å²) in [5.41, 5.74) is 4.10. The van der Waals surface area contributed by atoms with Crippen LogP contribution in [0.2, 0.25) is 0 Å². The zero-order valence-corrected chi connectivity index (χ0v) is 17.2. The van der Waals surface area contributed by atoms with Gasteiger partial charge in [-0.1, -0.05) is 32.0 Å². The van der Waals surface area contributed by atoms with Gasteiger partial charge in [0.2, 0.25) is 0 Å². The van der Waals surface area contributed by atoms with E-state index in [9.17, 15) is 4.79 Å². The molecule has 0 fully saturated rings. The van der Waals surface area contributed by atoms with Crippen LogP contribution in [-0.4, -0.2) is 19.1 Å². The number of hydrogen-bond donors (Lipinski definition) is 1. The van der Waals surface area contributed by atoms with Gasteiger partial charge in [-0.05, 0) is 79.5 Å². The number of hydrogen-bond acceptors (Lipinski definition) is 3. The van der Waals surface area contributed by atoms with Gasteiger partial charge < -0.3 is 14.8 Å². The molecule has 0 unspecified atom stereocenters. The van der Waals surface area contributed by atoms with Crippen molar-refractivity contribution in [3.63, 3.8) is 0 Å². The molecule has 0 heterocycles. The minimum atomic E-state index is -0.514. The van der Waals surface area contributed by atoms with Crippen LogP contribution in [-0.2, 0) is 17.6 Å². The number of ether oxygens (including phenoxy) is 2. The largest absolute Gasteiger partial charge is 0.497 e. The molecule has 0 radical (unpaired) electrons. The molecular formula is C24H31NO3. The molecule has 0 saturated carbocycles. The van der Waals surface area contributed by atoms with Gasteiger partial charge in [-0.25, -0.2) is 0 Å². The third-order valence-electron chi connectivity index (χ3n) is 5.50. The number of amides is 1. The molecule has 150 valence electrons. The predicted molar refractivity (Wildman–Crippen MR) is 112 cm³/mol. The van der Waals surface area contributed by atoms with Gasteiger partial charge in [0.25, 0.3) is 5.91 Å². The monoisotopic (exact) mass is 381 g/mol. The maximum atomic E-state index is 12.9. The Bertz CT molecular complexity index is 785. The second kappa shape index (κ2) is 9.63. The second-order valence-electron chi connectivity index (χ2n) is 7.39. The van der Waals surface area contributed by atoms with Gasteiger partial charge in [0.1, 0.15) is 11.5 Å². The fourth-order valence-corrected chi connectivity index (χ4v) is 3.80. The number of rotatable bonds is 8. The zero-order chi connectivity index (χ0) is 19.9. The Morgan fingerprint density at radius 1 is 0.964 bits per heavy atom. The highest BCUT2D eigenvalue weighted by Gasteiger charge is 2.22. The average Bonchev–Trinajstić information content (AvgIpc) is 2.75. The second-order valence-corrected chi connectivity index (χ2v) is 7.39. The van der Waals surface area contributed by atoms with Crippen LogP contribution in [0.1, 0.15) is 62.3 Å². The molecule has 3 rings (SSSR count). The predicted octanol–water partition coefficient (Wildman–Crippen LogP) is 5.00. The Labute approximate surface area is 168 Å². The van der Waals surface area contributed by atoms with Crippen LogP contribution in [0.3, 0.4) is 0 Å². The lowest BCUT2D eigenvalue weighted by atomic mass is 9.88. The van der Waals surface area contributed by atoms with E-state index in [1.165, 1.54) is 36.0 Å². The van der Waals surface area contributed by atoms with E-state index < -0.39 is 6.10 Å². The summed E-state index contributed by atoms with van der Waals surface area (Å²) in [7, 11) is 1.63. The Hall–Kier alpha value is -2.49. The van der Waals surface area contributed by atoms with Crippen molar-refractivity contribution in [1.29, 1.82) is 0 Å². The average molecular weight is 382 g/mol. The van der Waals surface area contributed by atoms with Crippen LogP contribution in [0.4, 0.5) is 0 Å². The summed E-state index contributed by atoms with van der Waals surface area (Å²) >= 11 is 0. The molecule has 2 aromatic rings. The Kier molecular flexibility index (Phi) is 6.96. The smallest absolute Gasteiger partial charge is 0.261 e. The van der Waals surface area contributed by atoms with Crippen molar-refractivity contribution in [1.82, 2.24) is 5.32 Å². The van der Waals surface area contributed by atoms with E-state index in [4.69, 9.17) is 9.47 Å². The maximum Gasteiger partial charge on any atom is 0.261 e. The molecule has 1 aliphatic carbocycles. The van der Waals surface area contributed by atoms with Crippen molar-refractivity contribution in [2.24, 2.45) is 0 Å². The molecule has 0 bridgehead atoms. The molecule has 0 saturated heterocycles. The molecule has 1 amide bonds. The summed E-state index contributed by atoms with van der Waals surface area (Å²) in [6.07, 6.45) is 5.80. The summed E-state index contributed by atoms with van der Waals surface area (Å²) in [5.74, 6) is 1.37. The lowest BCUT2D eigenvalue weighted by Crippen LogP contribution is -2.40. The van der Waals surface area contributed by atoms with Gasteiger partial charge in [-0.15, -0.1) is 0 Å². The lowest BCUT2D eigenvalue weighted by Gasteiger charge is -2.24. The number of carbonyl (C=O) groups excluding carboxylic acids is 1. The van der Waals surface area contributed by atoms with Crippen LogP contribution in [0.25, 0.3) is 0 Å². The Morgan fingerprint density at radius 3 is 2.29 bits per heavy atom. The Balaban J connectivity index is 1.67.